The predicted molar refractivity (Wildman–Crippen MR) is 94.1 cm³/mol. The molecule has 2 amide bonds. The summed E-state index contributed by atoms with van der Waals surface area (Å²) in [5.41, 5.74) is 1.79. The fourth-order valence-electron chi connectivity index (χ4n) is 2.10. The third-order valence-electron chi connectivity index (χ3n) is 3.62. The Morgan fingerprint density at radius 1 is 1.00 bits per heavy atom. The van der Waals surface area contributed by atoms with Crippen molar-refractivity contribution in [2.24, 2.45) is 0 Å². The van der Waals surface area contributed by atoms with Crippen molar-refractivity contribution >= 4 is 17.5 Å². The topological polar surface area (TPSA) is 67.9 Å². The van der Waals surface area contributed by atoms with Gasteiger partial charge in [-0.1, -0.05) is 32.9 Å². The number of ether oxygens (including phenoxy) is 2. The lowest BCUT2D eigenvalue weighted by molar-refractivity contribution is -0.144. The van der Waals surface area contributed by atoms with Crippen LogP contribution in [0.5, 0.6) is 0 Å². The van der Waals surface area contributed by atoms with Gasteiger partial charge in [-0.3, -0.25) is 9.59 Å². The zero-order valence-corrected chi connectivity index (χ0v) is 15.2. The zero-order valence-electron chi connectivity index (χ0n) is 15.2. The van der Waals surface area contributed by atoms with Crippen molar-refractivity contribution in [1.82, 2.24) is 4.90 Å². The Morgan fingerprint density at radius 3 is 1.92 bits per heavy atom. The van der Waals surface area contributed by atoms with E-state index in [2.05, 4.69) is 26.1 Å². The van der Waals surface area contributed by atoms with Gasteiger partial charge in [-0.2, -0.15) is 0 Å². The smallest absolute Gasteiger partial charge is 0.313 e. The van der Waals surface area contributed by atoms with Gasteiger partial charge in [-0.25, -0.2) is 0 Å². The van der Waals surface area contributed by atoms with E-state index >= 15 is 0 Å². The van der Waals surface area contributed by atoms with Crippen LogP contribution in [0.15, 0.2) is 24.3 Å². The minimum atomic E-state index is -0.661. The van der Waals surface area contributed by atoms with E-state index in [9.17, 15) is 9.59 Å². The number of anilines is 1. The molecule has 0 bridgehead atoms. The van der Waals surface area contributed by atoms with Gasteiger partial charge in [-0.05, 0) is 23.1 Å². The number of nitrogens with zero attached hydrogens (tertiary/aromatic N) is 1. The van der Waals surface area contributed by atoms with E-state index in [0.29, 0.717) is 32.0 Å². The second-order valence-corrected chi connectivity index (χ2v) is 6.56. The minimum absolute atomic E-state index is 0.0372. The molecule has 6 heteroatoms. The van der Waals surface area contributed by atoms with Crippen molar-refractivity contribution in [2.45, 2.75) is 26.2 Å². The molecule has 0 fully saturated rings. The molecule has 0 aliphatic carbocycles. The molecule has 0 radical (unpaired) electrons. The number of methoxy groups -OCH3 is 2. The first kappa shape index (κ1) is 20.1. The average molecular weight is 336 g/mol. The highest BCUT2D eigenvalue weighted by molar-refractivity contribution is 6.39. The molecule has 1 aromatic rings. The first-order valence-electron chi connectivity index (χ1n) is 7.98. The molecule has 0 spiro atoms. The summed E-state index contributed by atoms with van der Waals surface area (Å²) < 4.78 is 9.96. The van der Waals surface area contributed by atoms with Crippen LogP contribution in [0.1, 0.15) is 26.3 Å². The van der Waals surface area contributed by atoms with E-state index < -0.39 is 11.8 Å². The highest BCUT2D eigenvalue weighted by Crippen LogP contribution is 2.23. The van der Waals surface area contributed by atoms with Gasteiger partial charge in [0, 0.05) is 33.0 Å². The lowest BCUT2D eigenvalue weighted by Crippen LogP contribution is -2.43. The summed E-state index contributed by atoms with van der Waals surface area (Å²) >= 11 is 0. The van der Waals surface area contributed by atoms with E-state index in [0.717, 1.165) is 5.56 Å². The SMILES string of the molecule is COCCN(CCOC)C(=O)C(=O)Nc1ccc(C(C)(C)C)cc1. The number of benzene rings is 1. The third-order valence-corrected chi connectivity index (χ3v) is 3.62. The summed E-state index contributed by atoms with van der Waals surface area (Å²) in [7, 11) is 3.10. The quantitative estimate of drug-likeness (QED) is 0.774. The number of hydrogen-bond acceptors (Lipinski definition) is 4. The molecule has 1 N–H and O–H groups in total. The van der Waals surface area contributed by atoms with Crippen LogP contribution >= 0.6 is 0 Å². The second kappa shape index (κ2) is 9.39. The van der Waals surface area contributed by atoms with E-state index in [1.54, 1.807) is 26.4 Å². The minimum Gasteiger partial charge on any atom is -0.383 e. The molecule has 0 aromatic heterocycles. The normalized spacial score (nSPS) is 11.2. The summed E-state index contributed by atoms with van der Waals surface area (Å²) in [6.45, 7) is 7.77. The van der Waals surface area contributed by atoms with Crippen molar-refractivity contribution in [3.63, 3.8) is 0 Å². The molecular formula is C18H28N2O4. The van der Waals surface area contributed by atoms with E-state index in [1.165, 1.54) is 4.90 Å². The van der Waals surface area contributed by atoms with Crippen LogP contribution in [-0.2, 0) is 24.5 Å². The van der Waals surface area contributed by atoms with Gasteiger partial charge in [0.2, 0.25) is 0 Å². The van der Waals surface area contributed by atoms with E-state index in [1.807, 2.05) is 12.1 Å². The molecule has 0 aliphatic rings. The molecule has 1 rings (SSSR count). The molecule has 0 saturated carbocycles. The Hall–Kier alpha value is -1.92. The number of rotatable bonds is 7. The highest BCUT2D eigenvalue weighted by Gasteiger charge is 2.22. The zero-order chi connectivity index (χ0) is 18.2. The van der Waals surface area contributed by atoms with Gasteiger partial charge in [0.15, 0.2) is 0 Å². The largest absolute Gasteiger partial charge is 0.383 e. The summed E-state index contributed by atoms with van der Waals surface area (Å²) in [6.07, 6.45) is 0. The van der Waals surface area contributed by atoms with Crippen molar-refractivity contribution in [3.05, 3.63) is 29.8 Å². The van der Waals surface area contributed by atoms with Gasteiger partial charge >= 0.3 is 11.8 Å². The maximum atomic E-state index is 12.3. The van der Waals surface area contributed by atoms with Crippen molar-refractivity contribution < 1.29 is 19.1 Å². The molecule has 6 nitrogen and oxygen atoms in total. The molecule has 0 aliphatic heterocycles. The van der Waals surface area contributed by atoms with Crippen LogP contribution in [0.25, 0.3) is 0 Å². The summed E-state index contributed by atoms with van der Waals surface area (Å²) in [5.74, 6) is -1.25. The van der Waals surface area contributed by atoms with Crippen LogP contribution in [0, 0.1) is 0 Å². The Labute approximate surface area is 144 Å². The van der Waals surface area contributed by atoms with Crippen LogP contribution in [-0.4, -0.2) is 57.2 Å². The van der Waals surface area contributed by atoms with Gasteiger partial charge in [0.25, 0.3) is 0 Å². The number of hydrogen-bond donors (Lipinski definition) is 1. The van der Waals surface area contributed by atoms with Crippen molar-refractivity contribution in [2.75, 3.05) is 45.8 Å². The van der Waals surface area contributed by atoms with E-state index in [4.69, 9.17) is 9.47 Å². The van der Waals surface area contributed by atoms with Crippen LogP contribution in [0.2, 0.25) is 0 Å². The van der Waals surface area contributed by atoms with Gasteiger partial charge in [0.05, 0.1) is 13.2 Å². The molecule has 1 aromatic carbocycles. The monoisotopic (exact) mass is 336 g/mol. The number of nitrogens with one attached hydrogen (secondary N) is 1. The summed E-state index contributed by atoms with van der Waals surface area (Å²) in [5, 5.41) is 2.64. The standard InChI is InChI=1S/C18H28N2O4/c1-18(2,3)14-6-8-15(9-7-14)19-16(21)17(22)20(10-12-23-4)11-13-24-5/h6-9H,10-13H2,1-5H3,(H,19,21). The van der Waals surface area contributed by atoms with Crippen molar-refractivity contribution in [1.29, 1.82) is 0 Å². The Morgan fingerprint density at radius 2 is 1.50 bits per heavy atom. The Bertz CT molecular complexity index is 527. The Balaban J connectivity index is 2.71. The second-order valence-electron chi connectivity index (χ2n) is 6.56. The maximum absolute atomic E-state index is 12.3. The maximum Gasteiger partial charge on any atom is 0.313 e. The first-order chi connectivity index (χ1) is 11.3. The summed E-state index contributed by atoms with van der Waals surface area (Å²) in [6, 6.07) is 7.52. The molecule has 24 heavy (non-hydrogen) atoms. The number of amides is 2. The van der Waals surface area contributed by atoms with Crippen LogP contribution < -0.4 is 5.32 Å². The third kappa shape index (κ3) is 6.29. The van der Waals surface area contributed by atoms with Crippen LogP contribution in [0.4, 0.5) is 5.69 Å². The summed E-state index contributed by atoms with van der Waals surface area (Å²) in [4.78, 5) is 25.9. The van der Waals surface area contributed by atoms with Gasteiger partial charge in [0.1, 0.15) is 0 Å². The molecule has 0 saturated heterocycles. The molecule has 134 valence electrons. The first-order valence-corrected chi connectivity index (χ1v) is 7.98. The fraction of sp³-hybridized carbons (Fsp3) is 0.556. The van der Waals surface area contributed by atoms with Crippen LogP contribution in [0.3, 0.4) is 0 Å². The van der Waals surface area contributed by atoms with E-state index in [-0.39, 0.29) is 5.41 Å². The lowest BCUT2D eigenvalue weighted by Gasteiger charge is -2.22. The molecule has 0 heterocycles. The van der Waals surface area contributed by atoms with Gasteiger partial charge in [-0.15, -0.1) is 0 Å². The fourth-order valence-corrected chi connectivity index (χ4v) is 2.10. The Kier molecular flexibility index (Phi) is 7.88. The molecule has 0 unspecified atom stereocenters. The predicted octanol–water partition coefficient (Wildman–Crippen LogP) is 2.04. The molecule has 0 atom stereocenters. The average Bonchev–Trinajstić information content (AvgIpc) is 2.54. The number of carbonyl (C=O) groups excluding carboxylic acids is 2. The van der Waals surface area contributed by atoms with Gasteiger partial charge < -0.3 is 19.7 Å². The number of carbonyl (C=O) groups is 2. The highest BCUT2D eigenvalue weighted by atomic mass is 16.5. The molecular weight excluding hydrogens is 308 g/mol. The van der Waals surface area contributed by atoms with Crippen molar-refractivity contribution in [3.8, 4) is 0 Å². The lowest BCUT2D eigenvalue weighted by atomic mass is 9.87.